The maximum atomic E-state index is 6.51. The van der Waals surface area contributed by atoms with Crippen LogP contribution in [0.25, 0.3) is 54.3 Å². The lowest BCUT2D eigenvalue weighted by Crippen LogP contribution is -2.03. The van der Waals surface area contributed by atoms with Gasteiger partial charge in [-0.1, -0.05) is 78.3 Å². The monoisotopic (exact) mass is 328 g/mol. The van der Waals surface area contributed by atoms with Crippen molar-refractivity contribution in [2.75, 3.05) is 0 Å². The highest BCUT2D eigenvalue weighted by atomic mass is 16.3. The number of para-hydroxylation sites is 1. The van der Waals surface area contributed by atoms with Crippen molar-refractivity contribution in [1.29, 1.82) is 0 Å². The van der Waals surface area contributed by atoms with Crippen molar-refractivity contribution in [2.45, 2.75) is 0 Å². The molecule has 0 amide bonds. The number of furan rings is 1. The van der Waals surface area contributed by atoms with Crippen LogP contribution in [0.3, 0.4) is 0 Å². The van der Waals surface area contributed by atoms with E-state index < -0.39 is 0 Å². The average molecular weight is 328 g/mol. The second kappa shape index (κ2) is 4.89. The van der Waals surface area contributed by atoms with E-state index in [4.69, 9.17) is 12.3 Å². The Morgan fingerprint density at radius 1 is 0.538 bits per heavy atom. The molecule has 2 heteroatoms. The third-order valence-electron chi connectivity index (χ3n) is 5.38. The molecule has 0 atom stereocenters. The highest BCUT2D eigenvalue weighted by Crippen LogP contribution is 2.40. The first-order valence-corrected chi connectivity index (χ1v) is 8.76. The SMILES string of the molecule is [B]c1cc2c3ccccc3c3ccccc3c2c2oc3ccccc3c12. The number of hydrogen-bond donors (Lipinski definition) is 0. The van der Waals surface area contributed by atoms with Crippen molar-refractivity contribution in [2.24, 2.45) is 0 Å². The van der Waals surface area contributed by atoms with Gasteiger partial charge in [-0.15, -0.1) is 0 Å². The van der Waals surface area contributed by atoms with Crippen molar-refractivity contribution in [3.05, 3.63) is 78.9 Å². The standard InChI is InChI=1S/C24H13BO/c25-20-13-19-16-9-2-1-7-14(16)15-8-3-4-10-17(15)22(19)24-23(20)18-11-5-6-12-21(18)26-24/h1-13H. The Morgan fingerprint density at radius 3 is 1.81 bits per heavy atom. The largest absolute Gasteiger partial charge is 0.455 e. The molecule has 0 unspecified atom stereocenters. The zero-order valence-electron chi connectivity index (χ0n) is 14.0. The molecular weight excluding hydrogens is 315 g/mol. The minimum Gasteiger partial charge on any atom is -0.455 e. The van der Waals surface area contributed by atoms with Gasteiger partial charge in [-0.05, 0) is 33.0 Å². The van der Waals surface area contributed by atoms with Gasteiger partial charge < -0.3 is 4.42 Å². The zero-order valence-corrected chi connectivity index (χ0v) is 14.0. The molecule has 5 aromatic carbocycles. The van der Waals surface area contributed by atoms with E-state index in [1.165, 1.54) is 21.5 Å². The van der Waals surface area contributed by atoms with E-state index in [0.29, 0.717) is 0 Å². The average Bonchev–Trinajstić information content (AvgIpc) is 3.08. The van der Waals surface area contributed by atoms with Crippen LogP contribution in [0, 0.1) is 0 Å². The normalized spacial score (nSPS) is 12.0. The molecule has 0 aliphatic rings. The Balaban J connectivity index is 2.04. The van der Waals surface area contributed by atoms with E-state index in [0.717, 1.165) is 38.2 Å². The summed E-state index contributed by atoms with van der Waals surface area (Å²) in [5.41, 5.74) is 2.51. The molecule has 0 aliphatic heterocycles. The van der Waals surface area contributed by atoms with Crippen LogP contribution in [-0.2, 0) is 0 Å². The Kier molecular flexibility index (Phi) is 2.63. The summed E-state index contributed by atoms with van der Waals surface area (Å²) in [7, 11) is 6.51. The van der Waals surface area contributed by atoms with E-state index in [1.54, 1.807) is 0 Å². The highest BCUT2D eigenvalue weighted by molar-refractivity contribution is 6.46. The summed E-state index contributed by atoms with van der Waals surface area (Å²) >= 11 is 0. The fraction of sp³-hybridized carbons (Fsp3) is 0. The molecule has 6 rings (SSSR count). The zero-order chi connectivity index (χ0) is 17.3. The van der Waals surface area contributed by atoms with Crippen molar-refractivity contribution in [1.82, 2.24) is 0 Å². The summed E-state index contributed by atoms with van der Waals surface area (Å²) in [6, 6.07) is 27.2. The van der Waals surface area contributed by atoms with Crippen LogP contribution in [0.15, 0.2) is 83.3 Å². The van der Waals surface area contributed by atoms with Gasteiger partial charge in [-0.25, -0.2) is 0 Å². The molecule has 1 aromatic heterocycles. The van der Waals surface area contributed by atoms with Crippen molar-refractivity contribution in [3.63, 3.8) is 0 Å². The van der Waals surface area contributed by atoms with E-state index in [9.17, 15) is 0 Å². The second-order valence-corrected chi connectivity index (χ2v) is 6.78. The molecule has 26 heavy (non-hydrogen) atoms. The predicted octanol–water partition coefficient (Wildman–Crippen LogP) is 5.84. The van der Waals surface area contributed by atoms with Gasteiger partial charge in [-0.3, -0.25) is 0 Å². The van der Waals surface area contributed by atoms with Crippen LogP contribution in [0.4, 0.5) is 0 Å². The van der Waals surface area contributed by atoms with E-state index in [2.05, 4.69) is 60.7 Å². The molecule has 0 fully saturated rings. The van der Waals surface area contributed by atoms with Crippen LogP contribution in [0.5, 0.6) is 0 Å². The summed E-state index contributed by atoms with van der Waals surface area (Å²) in [6.07, 6.45) is 0. The first-order chi connectivity index (χ1) is 12.8. The molecule has 1 heterocycles. The minimum absolute atomic E-state index is 0.762. The summed E-state index contributed by atoms with van der Waals surface area (Å²) in [6.45, 7) is 0. The van der Waals surface area contributed by atoms with Crippen LogP contribution in [-0.4, -0.2) is 7.85 Å². The predicted molar refractivity (Wildman–Crippen MR) is 112 cm³/mol. The molecule has 0 saturated heterocycles. The van der Waals surface area contributed by atoms with Gasteiger partial charge in [0.2, 0.25) is 0 Å². The van der Waals surface area contributed by atoms with Gasteiger partial charge in [0, 0.05) is 16.2 Å². The van der Waals surface area contributed by atoms with Gasteiger partial charge in [0.25, 0.3) is 0 Å². The van der Waals surface area contributed by atoms with Crippen molar-refractivity contribution >= 4 is 67.6 Å². The van der Waals surface area contributed by atoms with E-state index >= 15 is 0 Å². The Morgan fingerprint density at radius 2 is 1.08 bits per heavy atom. The third kappa shape index (κ3) is 1.66. The number of benzene rings is 5. The van der Waals surface area contributed by atoms with E-state index in [-0.39, 0.29) is 0 Å². The summed E-state index contributed by atoms with van der Waals surface area (Å²) in [5.74, 6) is 0. The van der Waals surface area contributed by atoms with Gasteiger partial charge in [-0.2, -0.15) is 0 Å². The van der Waals surface area contributed by atoms with Gasteiger partial charge in [0.15, 0.2) is 0 Å². The van der Waals surface area contributed by atoms with Gasteiger partial charge in [0.05, 0.1) is 0 Å². The Bertz CT molecular complexity index is 1490. The van der Waals surface area contributed by atoms with Gasteiger partial charge in [0.1, 0.15) is 19.0 Å². The molecule has 0 bridgehead atoms. The highest BCUT2D eigenvalue weighted by Gasteiger charge is 2.17. The van der Waals surface area contributed by atoms with Crippen LogP contribution >= 0.6 is 0 Å². The topological polar surface area (TPSA) is 13.1 Å². The molecule has 0 saturated carbocycles. The fourth-order valence-electron chi connectivity index (χ4n) is 4.30. The summed E-state index contributed by atoms with van der Waals surface area (Å²) in [4.78, 5) is 0. The molecule has 0 N–H and O–H groups in total. The molecule has 6 aromatic rings. The first-order valence-electron chi connectivity index (χ1n) is 8.76. The lowest BCUT2D eigenvalue weighted by Gasteiger charge is -2.12. The molecule has 2 radical (unpaired) electrons. The summed E-state index contributed by atoms with van der Waals surface area (Å²) in [5, 5.41) is 9.24. The fourth-order valence-corrected chi connectivity index (χ4v) is 4.30. The van der Waals surface area contributed by atoms with Crippen molar-refractivity contribution in [3.8, 4) is 0 Å². The Hall–Kier alpha value is -3.26. The number of hydrogen-bond acceptors (Lipinski definition) is 1. The molecule has 1 nitrogen and oxygen atoms in total. The number of fused-ring (bicyclic) bond motifs is 10. The Labute approximate surface area is 151 Å². The smallest absolute Gasteiger partial charge is 0.143 e. The van der Waals surface area contributed by atoms with Crippen molar-refractivity contribution < 1.29 is 4.42 Å². The number of rotatable bonds is 0. The van der Waals surface area contributed by atoms with Gasteiger partial charge >= 0.3 is 0 Å². The molecule has 118 valence electrons. The van der Waals surface area contributed by atoms with Crippen LogP contribution in [0.1, 0.15) is 0 Å². The third-order valence-corrected chi connectivity index (χ3v) is 5.38. The molecule has 0 spiro atoms. The molecule has 0 aliphatic carbocycles. The lowest BCUT2D eigenvalue weighted by atomic mass is 9.85. The lowest BCUT2D eigenvalue weighted by molar-refractivity contribution is 0.673. The first kappa shape index (κ1) is 14.0. The summed E-state index contributed by atoms with van der Waals surface area (Å²) < 4.78 is 6.32. The van der Waals surface area contributed by atoms with E-state index in [1.807, 2.05) is 18.2 Å². The quantitative estimate of drug-likeness (QED) is 0.252. The minimum atomic E-state index is 0.762. The van der Waals surface area contributed by atoms with Crippen LogP contribution in [0.2, 0.25) is 0 Å². The van der Waals surface area contributed by atoms with Crippen LogP contribution < -0.4 is 5.46 Å². The molecular formula is C24H13BO. The maximum Gasteiger partial charge on any atom is 0.143 e. The second-order valence-electron chi connectivity index (χ2n) is 6.78. The maximum absolute atomic E-state index is 6.51.